The van der Waals surface area contributed by atoms with E-state index in [-0.39, 0.29) is 0 Å². The molecule has 0 aromatic rings. The van der Waals surface area contributed by atoms with Crippen LogP contribution in [0.1, 0.15) is 26.2 Å². The van der Waals surface area contributed by atoms with Crippen molar-refractivity contribution < 1.29 is 0 Å². The Morgan fingerprint density at radius 2 is 2.00 bits per heavy atom. The lowest BCUT2D eigenvalue weighted by atomic mass is 10.4. The van der Waals surface area contributed by atoms with Crippen LogP contribution in [0.3, 0.4) is 0 Å². The number of aliphatic imine (C=N–C) groups is 1. The van der Waals surface area contributed by atoms with Crippen LogP contribution in [0.2, 0.25) is 0 Å². The van der Waals surface area contributed by atoms with Crippen molar-refractivity contribution in [1.29, 1.82) is 0 Å². The zero-order chi connectivity index (χ0) is 7.40. The fourth-order valence-electron chi connectivity index (χ4n) is 1.50. The maximum absolute atomic E-state index is 4.23. The second-order valence-corrected chi connectivity index (χ2v) is 2.69. The first-order valence-corrected chi connectivity index (χ1v) is 4.09. The summed E-state index contributed by atoms with van der Waals surface area (Å²) >= 11 is 0. The average Bonchev–Trinajstić information content (AvgIpc) is 2.43. The van der Waals surface area contributed by atoms with Gasteiger partial charge in [-0.05, 0) is 12.8 Å². The first kappa shape index (κ1) is 7.58. The molecule has 2 nitrogen and oxygen atoms in total. The maximum atomic E-state index is 4.23. The minimum atomic E-state index is 1.08. The normalized spacial score (nSPS) is 20.2. The molecule has 0 aromatic carbocycles. The molecule has 0 spiro atoms. The van der Waals surface area contributed by atoms with E-state index in [1.54, 1.807) is 0 Å². The van der Waals surface area contributed by atoms with Crippen molar-refractivity contribution in [2.24, 2.45) is 4.99 Å². The minimum absolute atomic E-state index is 1.08. The Morgan fingerprint density at radius 3 is 2.40 bits per heavy atom. The average molecular weight is 140 g/mol. The molecular weight excluding hydrogens is 124 g/mol. The van der Waals surface area contributed by atoms with Gasteiger partial charge in [0.1, 0.15) is 0 Å². The molecule has 1 saturated heterocycles. The molecule has 1 rings (SSSR count). The number of likely N-dealkylation sites (tertiary alicyclic amines) is 1. The monoisotopic (exact) mass is 140 g/mol. The molecule has 0 bridgehead atoms. The molecule has 58 valence electrons. The van der Waals surface area contributed by atoms with Gasteiger partial charge < -0.3 is 4.90 Å². The summed E-state index contributed by atoms with van der Waals surface area (Å²) in [5.41, 5.74) is 0. The molecule has 0 unspecified atom stereocenters. The fraction of sp³-hybridized carbons (Fsp3) is 0.875. The van der Waals surface area contributed by atoms with Crippen LogP contribution in [-0.4, -0.2) is 30.9 Å². The second-order valence-electron chi connectivity index (χ2n) is 2.69. The van der Waals surface area contributed by atoms with Gasteiger partial charge >= 0.3 is 0 Å². The molecule has 0 saturated carbocycles. The second kappa shape index (κ2) is 3.59. The number of hydrogen-bond donors (Lipinski definition) is 0. The van der Waals surface area contributed by atoms with Crippen molar-refractivity contribution in [2.75, 3.05) is 20.1 Å². The molecule has 2 heteroatoms. The molecule has 0 aromatic heterocycles. The van der Waals surface area contributed by atoms with Crippen LogP contribution in [0.15, 0.2) is 4.99 Å². The van der Waals surface area contributed by atoms with E-state index in [0.717, 1.165) is 6.42 Å². The van der Waals surface area contributed by atoms with Crippen molar-refractivity contribution in [2.45, 2.75) is 26.2 Å². The van der Waals surface area contributed by atoms with Gasteiger partial charge in [-0.3, -0.25) is 4.99 Å². The molecule has 0 atom stereocenters. The van der Waals surface area contributed by atoms with Crippen molar-refractivity contribution in [3.63, 3.8) is 0 Å². The molecule has 1 aliphatic heterocycles. The highest BCUT2D eigenvalue weighted by Gasteiger charge is 2.13. The lowest BCUT2D eigenvalue weighted by Crippen LogP contribution is -2.26. The smallest absolute Gasteiger partial charge is 0.0982 e. The molecule has 0 aliphatic carbocycles. The summed E-state index contributed by atoms with van der Waals surface area (Å²) in [5.74, 6) is 1.28. The largest absolute Gasteiger partial charge is 0.360 e. The van der Waals surface area contributed by atoms with Gasteiger partial charge in [-0.1, -0.05) is 6.92 Å². The van der Waals surface area contributed by atoms with Gasteiger partial charge in [-0.25, -0.2) is 0 Å². The molecule has 0 radical (unpaired) electrons. The van der Waals surface area contributed by atoms with Crippen molar-refractivity contribution >= 4 is 5.84 Å². The number of hydrogen-bond acceptors (Lipinski definition) is 1. The third-order valence-corrected chi connectivity index (χ3v) is 2.05. The van der Waals surface area contributed by atoms with Crippen LogP contribution in [-0.2, 0) is 0 Å². The Balaban J connectivity index is 2.45. The SMILES string of the molecule is CCC(=NC)N1CCCC1. The number of nitrogens with zero attached hydrogens (tertiary/aromatic N) is 2. The van der Waals surface area contributed by atoms with Gasteiger partial charge in [0, 0.05) is 26.6 Å². The van der Waals surface area contributed by atoms with Gasteiger partial charge in [0.05, 0.1) is 5.84 Å². The predicted molar refractivity (Wildman–Crippen MR) is 44.5 cm³/mol. The zero-order valence-electron chi connectivity index (χ0n) is 6.93. The quantitative estimate of drug-likeness (QED) is 0.398. The van der Waals surface area contributed by atoms with E-state index in [2.05, 4.69) is 16.8 Å². The molecule has 10 heavy (non-hydrogen) atoms. The Morgan fingerprint density at radius 1 is 1.40 bits per heavy atom. The topological polar surface area (TPSA) is 15.6 Å². The van der Waals surface area contributed by atoms with Crippen LogP contribution in [0.5, 0.6) is 0 Å². The van der Waals surface area contributed by atoms with Gasteiger partial charge in [0.15, 0.2) is 0 Å². The first-order valence-electron chi connectivity index (χ1n) is 4.09. The van der Waals surface area contributed by atoms with E-state index in [1.807, 2.05) is 7.05 Å². The standard InChI is InChI=1S/C8H16N2/c1-3-8(9-2)10-6-4-5-7-10/h3-7H2,1-2H3. The molecule has 1 aliphatic rings. The van der Waals surface area contributed by atoms with E-state index in [1.165, 1.54) is 31.8 Å². The molecule has 0 N–H and O–H groups in total. The Hall–Kier alpha value is -0.530. The van der Waals surface area contributed by atoms with Crippen LogP contribution < -0.4 is 0 Å². The predicted octanol–water partition coefficient (Wildman–Crippen LogP) is 1.52. The molecule has 1 fully saturated rings. The van der Waals surface area contributed by atoms with Crippen LogP contribution >= 0.6 is 0 Å². The maximum Gasteiger partial charge on any atom is 0.0982 e. The van der Waals surface area contributed by atoms with Crippen molar-refractivity contribution in [3.05, 3.63) is 0 Å². The fourth-order valence-corrected chi connectivity index (χ4v) is 1.50. The summed E-state index contributed by atoms with van der Waals surface area (Å²) in [6.45, 7) is 4.61. The first-order chi connectivity index (χ1) is 4.88. The summed E-state index contributed by atoms with van der Waals surface area (Å²) < 4.78 is 0. The summed E-state index contributed by atoms with van der Waals surface area (Å²) in [5, 5.41) is 0. The van der Waals surface area contributed by atoms with E-state index >= 15 is 0 Å². The van der Waals surface area contributed by atoms with Gasteiger partial charge in [-0.15, -0.1) is 0 Å². The van der Waals surface area contributed by atoms with Crippen LogP contribution in [0, 0.1) is 0 Å². The Kier molecular flexibility index (Phi) is 2.72. The van der Waals surface area contributed by atoms with E-state index in [9.17, 15) is 0 Å². The van der Waals surface area contributed by atoms with Gasteiger partial charge in [-0.2, -0.15) is 0 Å². The van der Waals surface area contributed by atoms with Crippen molar-refractivity contribution in [3.8, 4) is 0 Å². The summed E-state index contributed by atoms with van der Waals surface area (Å²) in [6, 6.07) is 0. The highest BCUT2D eigenvalue weighted by atomic mass is 15.2. The minimum Gasteiger partial charge on any atom is -0.360 e. The van der Waals surface area contributed by atoms with E-state index in [0.29, 0.717) is 0 Å². The summed E-state index contributed by atoms with van der Waals surface area (Å²) in [4.78, 5) is 6.62. The summed E-state index contributed by atoms with van der Waals surface area (Å²) in [6.07, 6.45) is 3.77. The highest BCUT2D eigenvalue weighted by molar-refractivity contribution is 5.82. The summed E-state index contributed by atoms with van der Waals surface area (Å²) in [7, 11) is 1.89. The lowest BCUT2D eigenvalue weighted by molar-refractivity contribution is 0.508. The third kappa shape index (κ3) is 1.49. The van der Waals surface area contributed by atoms with Crippen LogP contribution in [0.25, 0.3) is 0 Å². The molecule has 0 amide bonds. The Labute approximate surface area is 62.9 Å². The molecular formula is C8H16N2. The van der Waals surface area contributed by atoms with Gasteiger partial charge in [0.2, 0.25) is 0 Å². The van der Waals surface area contributed by atoms with Gasteiger partial charge in [0.25, 0.3) is 0 Å². The van der Waals surface area contributed by atoms with E-state index in [4.69, 9.17) is 0 Å². The zero-order valence-corrected chi connectivity index (χ0v) is 6.93. The number of amidine groups is 1. The lowest BCUT2D eigenvalue weighted by Gasteiger charge is -2.17. The van der Waals surface area contributed by atoms with E-state index < -0.39 is 0 Å². The highest BCUT2D eigenvalue weighted by Crippen LogP contribution is 2.09. The van der Waals surface area contributed by atoms with Crippen LogP contribution in [0.4, 0.5) is 0 Å². The van der Waals surface area contributed by atoms with Crippen molar-refractivity contribution in [1.82, 2.24) is 4.90 Å². The third-order valence-electron chi connectivity index (χ3n) is 2.05. The molecule has 1 heterocycles. The Bertz CT molecular complexity index is 123. The number of rotatable bonds is 1.